The Hall–Kier alpha value is -0.690. The average Bonchev–Trinajstić information content (AvgIpc) is 2.77. The van der Waals surface area contributed by atoms with Crippen LogP contribution in [0.25, 0.3) is 0 Å². The monoisotopic (exact) mass is 615 g/mol. The largest absolute Gasteiger partial charge is 0.242 e. The van der Waals surface area contributed by atoms with E-state index in [-0.39, 0.29) is 11.8 Å². The molecular formula is C28H43Br2NO2S. The third-order valence-electron chi connectivity index (χ3n) is 6.48. The van der Waals surface area contributed by atoms with Crippen molar-refractivity contribution in [1.82, 2.24) is 4.31 Å². The van der Waals surface area contributed by atoms with Crippen molar-refractivity contribution in [2.45, 2.75) is 96.8 Å². The Balaban J connectivity index is 0.000000362. The Bertz CT molecular complexity index is 1050. The summed E-state index contributed by atoms with van der Waals surface area (Å²) in [5, 5.41) is 0. The van der Waals surface area contributed by atoms with Crippen LogP contribution < -0.4 is 0 Å². The fraction of sp³-hybridized carbons (Fsp3) is 0.571. The fourth-order valence-electron chi connectivity index (χ4n) is 3.61. The summed E-state index contributed by atoms with van der Waals surface area (Å²) in [6.07, 6.45) is 2.11. The van der Waals surface area contributed by atoms with Crippen LogP contribution in [-0.2, 0) is 10.0 Å². The minimum atomic E-state index is -3.42. The highest BCUT2D eigenvalue weighted by atomic mass is 79.9. The predicted octanol–water partition coefficient (Wildman–Crippen LogP) is 9.42. The lowest BCUT2D eigenvalue weighted by molar-refractivity contribution is 0.517. The van der Waals surface area contributed by atoms with Gasteiger partial charge in [-0.1, -0.05) is 99.4 Å². The summed E-state index contributed by atoms with van der Waals surface area (Å²) in [5.41, 5.74) is 4.75. The van der Waals surface area contributed by atoms with E-state index in [1.54, 1.807) is 14.1 Å². The third-order valence-corrected chi connectivity index (χ3v) is 9.73. The first-order valence-corrected chi connectivity index (χ1v) is 15.3. The SMILES string of the molecule is CCC(C)c1cc(Br)c(C(C)C)cc1S(=O)(=O)N(C)C.CCC(C)c1ccc(C(C)C)c(Br)c1. The summed E-state index contributed by atoms with van der Waals surface area (Å²) in [4.78, 5) is 0.434. The summed E-state index contributed by atoms with van der Waals surface area (Å²) >= 11 is 7.22. The van der Waals surface area contributed by atoms with Gasteiger partial charge < -0.3 is 0 Å². The Labute approximate surface area is 226 Å². The van der Waals surface area contributed by atoms with Crippen molar-refractivity contribution >= 4 is 41.9 Å². The maximum absolute atomic E-state index is 12.6. The summed E-state index contributed by atoms with van der Waals surface area (Å²) in [6.45, 7) is 17.2. The van der Waals surface area contributed by atoms with Crippen LogP contribution in [-0.4, -0.2) is 26.8 Å². The second-order valence-electron chi connectivity index (χ2n) is 9.91. The molecule has 0 spiro atoms. The van der Waals surface area contributed by atoms with E-state index in [9.17, 15) is 8.42 Å². The molecule has 2 unspecified atom stereocenters. The zero-order chi connectivity index (χ0) is 26.4. The lowest BCUT2D eigenvalue weighted by atomic mass is 9.94. The molecule has 0 aromatic heterocycles. The van der Waals surface area contributed by atoms with Crippen molar-refractivity contribution in [3.63, 3.8) is 0 Å². The summed E-state index contributed by atoms with van der Waals surface area (Å²) in [5.74, 6) is 1.73. The second kappa shape index (κ2) is 13.6. The van der Waals surface area contributed by atoms with Gasteiger partial charge in [0.1, 0.15) is 0 Å². The molecule has 2 aromatic rings. The summed E-state index contributed by atoms with van der Waals surface area (Å²) in [6, 6.07) is 10.6. The zero-order valence-electron chi connectivity index (χ0n) is 22.5. The lowest BCUT2D eigenvalue weighted by Crippen LogP contribution is -2.24. The van der Waals surface area contributed by atoms with E-state index in [1.165, 1.54) is 26.3 Å². The van der Waals surface area contributed by atoms with E-state index in [1.807, 2.05) is 12.1 Å². The van der Waals surface area contributed by atoms with E-state index in [4.69, 9.17) is 0 Å². The second-order valence-corrected chi connectivity index (χ2v) is 13.7. The fourth-order valence-corrected chi connectivity index (χ4v) is 6.51. The molecule has 6 heteroatoms. The normalized spacial score (nSPS) is 13.7. The van der Waals surface area contributed by atoms with Gasteiger partial charge in [-0.2, -0.15) is 0 Å². The Morgan fingerprint density at radius 3 is 1.65 bits per heavy atom. The van der Waals surface area contributed by atoms with Crippen LogP contribution in [0, 0.1) is 0 Å². The van der Waals surface area contributed by atoms with E-state index in [0.29, 0.717) is 16.7 Å². The number of halogens is 2. The molecule has 0 heterocycles. The summed E-state index contributed by atoms with van der Waals surface area (Å²) < 4.78 is 28.7. The standard InChI is InChI=1S/C15H24BrNO2S.C13H19Br/c1-7-11(4)13-8-14(16)12(10(2)3)9-15(13)20(18,19)17(5)6;1-5-10(4)11-6-7-12(9(2)3)13(14)8-11/h8-11H,7H2,1-6H3;6-10H,5H2,1-4H3. The van der Waals surface area contributed by atoms with Gasteiger partial charge in [0.15, 0.2) is 0 Å². The Morgan fingerprint density at radius 2 is 1.24 bits per heavy atom. The summed E-state index contributed by atoms with van der Waals surface area (Å²) in [7, 11) is -0.271. The van der Waals surface area contributed by atoms with Crippen molar-refractivity contribution in [1.29, 1.82) is 0 Å². The molecule has 0 saturated carbocycles. The third kappa shape index (κ3) is 7.91. The van der Waals surface area contributed by atoms with Gasteiger partial charge in [0.25, 0.3) is 0 Å². The van der Waals surface area contributed by atoms with Crippen LogP contribution >= 0.6 is 31.9 Å². The van der Waals surface area contributed by atoms with Gasteiger partial charge in [-0.25, -0.2) is 12.7 Å². The zero-order valence-corrected chi connectivity index (χ0v) is 26.5. The molecule has 0 aliphatic carbocycles. The van der Waals surface area contributed by atoms with E-state index >= 15 is 0 Å². The molecule has 0 N–H and O–H groups in total. The number of sulfonamides is 1. The Kier molecular flexibility index (Phi) is 12.5. The highest BCUT2D eigenvalue weighted by Crippen LogP contribution is 2.35. The van der Waals surface area contributed by atoms with E-state index < -0.39 is 10.0 Å². The van der Waals surface area contributed by atoms with Crippen LogP contribution in [0.5, 0.6) is 0 Å². The molecule has 34 heavy (non-hydrogen) atoms. The minimum Gasteiger partial charge on any atom is -0.207 e. The average molecular weight is 618 g/mol. The van der Waals surface area contributed by atoms with Gasteiger partial charge in [0.2, 0.25) is 10.0 Å². The predicted molar refractivity (Wildman–Crippen MR) is 155 cm³/mol. The quantitative estimate of drug-likeness (QED) is 0.296. The first-order chi connectivity index (χ1) is 15.7. The minimum absolute atomic E-state index is 0.206. The molecule has 2 rings (SSSR count). The molecule has 0 bridgehead atoms. The molecule has 0 saturated heterocycles. The van der Waals surface area contributed by atoms with Crippen LogP contribution in [0.1, 0.15) is 114 Å². The van der Waals surface area contributed by atoms with Crippen LogP contribution in [0.3, 0.4) is 0 Å². The molecule has 0 fully saturated rings. The number of nitrogens with zero attached hydrogens (tertiary/aromatic N) is 1. The number of hydrogen-bond acceptors (Lipinski definition) is 2. The highest BCUT2D eigenvalue weighted by Gasteiger charge is 2.25. The van der Waals surface area contributed by atoms with Gasteiger partial charge in [-0.3, -0.25) is 0 Å². The van der Waals surface area contributed by atoms with Gasteiger partial charge in [0.05, 0.1) is 4.90 Å². The first-order valence-electron chi connectivity index (χ1n) is 12.2. The Morgan fingerprint density at radius 1 is 0.735 bits per heavy atom. The molecule has 192 valence electrons. The molecule has 0 amide bonds. The molecule has 2 atom stereocenters. The molecule has 2 aromatic carbocycles. The van der Waals surface area contributed by atoms with Crippen molar-refractivity contribution in [2.75, 3.05) is 14.1 Å². The topological polar surface area (TPSA) is 37.4 Å². The van der Waals surface area contributed by atoms with Crippen molar-refractivity contribution in [2.24, 2.45) is 0 Å². The number of rotatable bonds is 8. The van der Waals surface area contributed by atoms with Gasteiger partial charge >= 0.3 is 0 Å². The van der Waals surface area contributed by atoms with Crippen LogP contribution in [0.2, 0.25) is 0 Å². The van der Waals surface area contributed by atoms with Crippen molar-refractivity contribution in [3.05, 3.63) is 61.5 Å². The van der Waals surface area contributed by atoms with Gasteiger partial charge in [-0.05, 0) is 77.0 Å². The van der Waals surface area contributed by atoms with Crippen LogP contribution in [0.4, 0.5) is 0 Å². The first kappa shape index (κ1) is 31.3. The van der Waals surface area contributed by atoms with E-state index in [2.05, 4.69) is 105 Å². The van der Waals surface area contributed by atoms with Crippen molar-refractivity contribution in [3.8, 4) is 0 Å². The molecule has 0 aliphatic rings. The molecular weight excluding hydrogens is 574 g/mol. The number of hydrogen-bond donors (Lipinski definition) is 0. The van der Waals surface area contributed by atoms with Gasteiger partial charge in [-0.15, -0.1) is 0 Å². The molecule has 3 nitrogen and oxygen atoms in total. The van der Waals surface area contributed by atoms with Gasteiger partial charge in [0, 0.05) is 23.0 Å². The highest BCUT2D eigenvalue weighted by molar-refractivity contribution is 9.10. The smallest absolute Gasteiger partial charge is 0.207 e. The maximum atomic E-state index is 12.6. The molecule has 0 radical (unpaired) electrons. The van der Waals surface area contributed by atoms with Crippen LogP contribution in [0.15, 0.2) is 44.2 Å². The van der Waals surface area contributed by atoms with Crippen molar-refractivity contribution < 1.29 is 8.42 Å². The lowest BCUT2D eigenvalue weighted by Gasteiger charge is -2.21. The number of benzene rings is 2. The van der Waals surface area contributed by atoms with E-state index in [0.717, 1.165) is 22.0 Å². The maximum Gasteiger partial charge on any atom is 0.242 e. The molecule has 0 aliphatic heterocycles.